The zero-order valence-corrected chi connectivity index (χ0v) is 17.4. The first-order valence-electron chi connectivity index (χ1n) is 9.73. The fourth-order valence-electron chi connectivity index (χ4n) is 3.27. The average Bonchev–Trinajstić information content (AvgIpc) is 2.79. The number of anilines is 2. The minimum absolute atomic E-state index is 0.0661. The maximum Gasteiger partial charge on any atom is 0.409 e. The van der Waals surface area contributed by atoms with Gasteiger partial charge >= 0.3 is 6.09 Å². The molecule has 164 valence electrons. The van der Waals surface area contributed by atoms with Gasteiger partial charge in [0.1, 0.15) is 17.2 Å². The maximum absolute atomic E-state index is 14.5. The van der Waals surface area contributed by atoms with Crippen molar-refractivity contribution in [3.8, 4) is 0 Å². The number of rotatable bonds is 7. The normalized spacial score (nSPS) is 14.1. The van der Waals surface area contributed by atoms with Crippen molar-refractivity contribution in [2.45, 2.75) is 13.5 Å². The van der Waals surface area contributed by atoms with Crippen LogP contribution in [0.1, 0.15) is 23.0 Å². The van der Waals surface area contributed by atoms with Gasteiger partial charge in [-0.15, -0.1) is 0 Å². The molecular weight excluding hydrogens is 405 g/mol. The fourth-order valence-corrected chi connectivity index (χ4v) is 3.27. The summed E-state index contributed by atoms with van der Waals surface area (Å²) in [7, 11) is 1.36. The third-order valence-electron chi connectivity index (χ3n) is 4.96. The molecular formula is C21H24FN5O4. The number of benzene rings is 1. The Morgan fingerprint density at radius 2 is 1.97 bits per heavy atom. The number of piperazine rings is 1. The number of ether oxygens (including phenoxy) is 1. The van der Waals surface area contributed by atoms with Crippen LogP contribution in [0.4, 0.5) is 20.6 Å². The van der Waals surface area contributed by atoms with E-state index in [-0.39, 0.29) is 17.6 Å². The van der Waals surface area contributed by atoms with Crippen molar-refractivity contribution >= 4 is 29.7 Å². The van der Waals surface area contributed by atoms with Crippen molar-refractivity contribution < 1.29 is 23.5 Å². The molecule has 31 heavy (non-hydrogen) atoms. The van der Waals surface area contributed by atoms with E-state index in [2.05, 4.69) is 15.3 Å². The minimum atomic E-state index is -0.563. The van der Waals surface area contributed by atoms with Gasteiger partial charge in [0, 0.05) is 39.6 Å². The fraction of sp³-hybridized carbons (Fsp3) is 0.333. The number of hydrogen-bond donors (Lipinski definition) is 1. The summed E-state index contributed by atoms with van der Waals surface area (Å²) in [5.74, 6) is -0.739. The lowest BCUT2D eigenvalue weighted by Gasteiger charge is -2.34. The standard InChI is InChI=1S/C21H24FN5O4/c1-15(29)19-6-4-17(12-23-19)24-27(14-28)20-11-16(3-5-18(20)22)13-25-7-9-26(10-8-25)21(30)31-2/h3-6,11-12,14,24H,7-10,13H2,1-2H3. The second-order valence-corrected chi connectivity index (χ2v) is 7.09. The van der Waals surface area contributed by atoms with Gasteiger partial charge in [-0.1, -0.05) is 6.07 Å². The first-order valence-corrected chi connectivity index (χ1v) is 9.73. The Morgan fingerprint density at radius 3 is 2.55 bits per heavy atom. The summed E-state index contributed by atoms with van der Waals surface area (Å²) < 4.78 is 19.2. The van der Waals surface area contributed by atoms with Gasteiger partial charge in [0.15, 0.2) is 5.78 Å². The van der Waals surface area contributed by atoms with Crippen molar-refractivity contribution in [2.24, 2.45) is 0 Å². The molecule has 2 aromatic rings. The number of hydrogen-bond acceptors (Lipinski definition) is 7. The van der Waals surface area contributed by atoms with Crippen molar-refractivity contribution in [3.05, 3.63) is 53.6 Å². The minimum Gasteiger partial charge on any atom is -0.453 e. The molecule has 0 spiro atoms. The number of carbonyl (C=O) groups excluding carboxylic acids is 3. The molecule has 0 saturated carbocycles. The Hall–Kier alpha value is -3.53. The molecule has 1 saturated heterocycles. The Labute approximate surface area is 179 Å². The SMILES string of the molecule is COC(=O)N1CCN(Cc2ccc(F)c(N(C=O)Nc3ccc(C(C)=O)nc3)c2)CC1. The van der Waals surface area contributed by atoms with E-state index >= 15 is 0 Å². The number of carbonyl (C=O) groups is 3. The lowest BCUT2D eigenvalue weighted by atomic mass is 10.1. The third kappa shape index (κ3) is 5.54. The highest BCUT2D eigenvalue weighted by Gasteiger charge is 2.22. The Balaban J connectivity index is 1.68. The summed E-state index contributed by atoms with van der Waals surface area (Å²) in [6.07, 6.45) is 1.52. The highest BCUT2D eigenvalue weighted by Crippen LogP contribution is 2.22. The second-order valence-electron chi connectivity index (χ2n) is 7.09. The van der Waals surface area contributed by atoms with E-state index in [1.165, 1.54) is 32.4 Å². The molecule has 1 aromatic carbocycles. The summed E-state index contributed by atoms with van der Waals surface area (Å²) >= 11 is 0. The molecule has 3 rings (SSSR count). The van der Waals surface area contributed by atoms with Gasteiger partial charge in [0.05, 0.1) is 19.0 Å². The van der Waals surface area contributed by atoms with Crippen LogP contribution >= 0.6 is 0 Å². The third-order valence-corrected chi connectivity index (χ3v) is 4.96. The molecule has 1 aliphatic heterocycles. The maximum atomic E-state index is 14.5. The Kier molecular flexibility index (Phi) is 7.14. The van der Waals surface area contributed by atoms with Gasteiger partial charge in [0.2, 0.25) is 6.41 Å². The topological polar surface area (TPSA) is 95.1 Å². The second kappa shape index (κ2) is 9.98. The van der Waals surface area contributed by atoms with Gasteiger partial charge in [-0.25, -0.2) is 14.2 Å². The summed E-state index contributed by atoms with van der Waals surface area (Å²) in [5, 5.41) is 1.03. The highest BCUT2D eigenvalue weighted by atomic mass is 19.1. The first kappa shape index (κ1) is 22.2. The number of aromatic nitrogens is 1. The van der Waals surface area contributed by atoms with E-state index in [0.29, 0.717) is 50.5 Å². The zero-order valence-electron chi connectivity index (χ0n) is 17.4. The zero-order chi connectivity index (χ0) is 22.4. The smallest absolute Gasteiger partial charge is 0.409 e. The van der Waals surface area contributed by atoms with Crippen LogP contribution in [-0.4, -0.2) is 66.4 Å². The molecule has 1 N–H and O–H groups in total. The Bertz CT molecular complexity index is 945. The molecule has 0 bridgehead atoms. The summed E-state index contributed by atoms with van der Waals surface area (Å²) in [6, 6.07) is 7.68. The van der Waals surface area contributed by atoms with E-state index in [1.807, 2.05) is 0 Å². The molecule has 1 aliphatic rings. The van der Waals surface area contributed by atoms with E-state index in [4.69, 9.17) is 4.74 Å². The molecule has 0 aliphatic carbocycles. The molecule has 10 heteroatoms. The van der Waals surface area contributed by atoms with Gasteiger partial charge < -0.3 is 9.64 Å². The number of ketones is 1. The number of nitrogens with one attached hydrogen (secondary N) is 1. The largest absolute Gasteiger partial charge is 0.453 e. The summed E-state index contributed by atoms with van der Waals surface area (Å²) in [4.78, 5) is 42.4. The number of hydrazine groups is 1. The first-order chi connectivity index (χ1) is 14.9. The lowest BCUT2D eigenvalue weighted by molar-refractivity contribution is -0.107. The van der Waals surface area contributed by atoms with Crippen LogP contribution in [0.5, 0.6) is 0 Å². The molecule has 9 nitrogen and oxygen atoms in total. The molecule has 1 aromatic heterocycles. The number of nitrogens with zero attached hydrogens (tertiary/aromatic N) is 4. The Morgan fingerprint density at radius 1 is 1.23 bits per heavy atom. The molecule has 2 heterocycles. The molecule has 0 unspecified atom stereocenters. The van der Waals surface area contributed by atoms with E-state index in [0.717, 1.165) is 10.6 Å². The van der Waals surface area contributed by atoms with Crippen LogP contribution in [0.15, 0.2) is 36.5 Å². The van der Waals surface area contributed by atoms with Crippen LogP contribution in [0.3, 0.4) is 0 Å². The van der Waals surface area contributed by atoms with Crippen molar-refractivity contribution in [2.75, 3.05) is 43.7 Å². The molecule has 2 amide bonds. The summed E-state index contributed by atoms with van der Waals surface area (Å²) in [5.41, 5.74) is 4.40. The highest BCUT2D eigenvalue weighted by molar-refractivity contribution is 5.92. The number of Topliss-reactive ketones (excluding diaryl/α,β-unsaturated/α-hetero) is 1. The predicted octanol–water partition coefficient (Wildman–Crippen LogP) is 2.30. The van der Waals surface area contributed by atoms with Gasteiger partial charge in [-0.05, 0) is 29.8 Å². The monoisotopic (exact) mass is 429 g/mol. The van der Waals surface area contributed by atoms with E-state index in [9.17, 15) is 18.8 Å². The molecule has 0 atom stereocenters. The van der Waals surface area contributed by atoms with Crippen LogP contribution < -0.4 is 10.4 Å². The van der Waals surface area contributed by atoms with Crippen LogP contribution in [-0.2, 0) is 16.1 Å². The number of pyridine rings is 1. The predicted molar refractivity (Wildman–Crippen MR) is 112 cm³/mol. The van der Waals surface area contributed by atoms with Crippen LogP contribution in [0.2, 0.25) is 0 Å². The van der Waals surface area contributed by atoms with Crippen LogP contribution in [0, 0.1) is 5.82 Å². The van der Waals surface area contributed by atoms with Crippen LogP contribution in [0.25, 0.3) is 0 Å². The van der Waals surface area contributed by atoms with Crippen molar-refractivity contribution in [3.63, 3.8) is 0 Å². The van der Waals surface area contributed by atoms with Crippen molar-refractivity contribution in [1.82, 2.24) is 14.8 Å². The molecule has 0 radical (unpaired) electrons. The van der Waals surface area contributed by atoms with E-state index < -0.39 is 5.82 Å². The van der Waals surface area contributed by atoms with E-state index in [1.54, 1.807) is 23.1 Å². The number of methoxy groups -OCH3 is 1. The number of halogens is 1. The lowest BCUT2D eigenvalue weighted by Crippen LogP contribution is -2.48. The molecule has 1 fully saturated rings. The quantitative estimate of drug-likeness (QED) is 0.410. The van der Waals surface area contributed by atoms with Gasteiger partial charge in [0.25, 0.3) is 0 Å². The van der Waals surface area contributed by atoms with Gasteiger partial charge in [-0.2, -0.15) is 0 Å². The van der Waals surface area contributed by atoms with Crippen molar-refractivity contribution in [1.29, 1.82) is 0 Å². The summed E-state index contributed by atoms with van der Waals surface area (Å²) in [6.45, 7) is 4.36. The average molecular weight is 429 g/mol. The number of amides is 2. The van der Waals surface area contributed by atoms with Gasteiger partial charge in [-0.3, -0.25) is 24.9 Å².